The predicted octanol–water partition coefficient (Wildman–Crippen LogP) is 7.90. The number of carbonyl (C=O) groups is 7. The molecule has 16 nitrogen and oxygen atoms in total. The van der Waals surface area contributed by atoms with Crippen molar-refractivity contribution in [3.05, 3.63) is 29.8 Å². The third kappa shape index (κ3) is 16.5. The molecular weight excluding hydrogens is 857 g/mol. The Morgan fingerprint density at radius 1 is 0.723 bits per heavy atom. The molecule has 1 heterocycles. The molecule has 2 amide bonds. The number of rotatable bonds is 18. The minimum atomic E-state index is -2.24. The third-order valence-corrected chi connectivity index (χ3v) is 15.7. The van der Waals surface area contributed by atoms with Gasteiger partial charge in [0.05, 0.1) is 35.4 Å². The third-order valence-electron chi connectivity index (χ3n) is 11.3. The molecule has 1 saturated heterocycles. The number of nitrogens with zero attached hydrogens (tertiary/aromatic N) is 1. The van der Waals surface area contributed by atoms with Crippen LogP contribution in [0, 0.1) is 21.7 Å². The van der Waals surface area contributed by atoms with Gasteiger partial charge in [-0.15, -0.1) is 0 Å². The lowest BCUT2D eigenvalue weighted by Crippen LogP contribution is -2.68. The zero-order valence-electron chi connectivity index (χ0n) is 42.3. The lowest BCUT2D eigenvalue weighted by atomic mass is 9.91. The number of esters is 5. The smallest absolute Gasteiger partial charge is 0.311 e. The number of hydrogen-bond acceptors (Lipinski definition) is 14. The number of methoxy groups -OCH3 is 1. The first-order valence-electron chi connectivity index (χ1n) is 22.3. The summed E-state index contributed by atoms with van der Waals surface area (Å²) in [6.07, 6.45) is -7.27. The van der Waals surface area contributed by atoms with Crippen molar-refractivity contribution in [1.82, 2.24) is 4.90 Å². The molecule has 368 valence electrons. The second-order valence-corrected chi connectivity index (χ2v) is 27.2. The van der Waals surface area contributed by atoms with E-state index >= 15 is 0 Å². The predicted molar refractivity (Wildman–Crippen MR) is 246 cm³/mol. The molecule has 1 N–H and O–H groups in total. The number of ether oxygens (including phenoxy) is 6. The molecule has 1 aromatic rings. The lowest BCUT2D eigenvalue weighted by Gasteiger charge is -2.49. The summed E-state index contributed by atoms with van der Waals surface area (Å²) in [7, 11) is -0.971. The van der Waals surface area contributed by atoms with E-state index < -0.39 is 109 Å². The summed E-state index contributed by atoms with van der Waals surface area (Å²) in [5, 5.41) is 2.89. The maximum absolute atomic E-state index is 14.8. The monoisotopic (exact) mass is 935 g/mol. The number of unbranched alkanes of at least 4 members (excludes halogenated alkanes) is 1. The van der Waals surface area contributed by atoms with Crippen LogP contribution in [0.15, 0.2) is 24.3 Å². The summed E-state index contributed by atoms with van der Waals surface area (Å²) in [5.74, 6) is -4.11. The minimum Gasteiger partial charge on any atom is -0.469 e. The zero-order valence-corrected chi connectivity index (χ0v) is 43.3. The number of hydrogen-bond donors (Lipinski definition) is 1. The Balaban J connectivity index is 2.95. The summed E-state index contributed by atoms with van der Waals surface area (Å²) in [6, 6.07) is 5.72. The van der Waals surface area contributed by atoms with Gasteiger partial charge in [-0.25, -0.2) is 0 Å². The molecule has 4 unspecified atom stereocenters. The van der Waals surface area contributed by atoms with Gasteiger partial charge in [-0.2, -0.15) is 0 Å². The van der Waals surface area contributed by atoms with E-state index in [2.05, 4.69) is 39.2 Å². The van der Waals surface area contributed by atoms with E-state index in [1.807, 2.05) is 12.1 Å². The first-order valence-corrected chi connectivity index (χ1v) is 25.3. The molecule has 0 radical (unpaired) electrons. The molecule has 0 spiro atoms. The SMILES string of the molecule is COC(=O)CCCCC(C(=O)Nc1ccccc1CO[Si](C)(C)C(C)(C)C)N(C=O)[C@@H]1OC(COC(=O)C(C)(C)C)[C@H](OC(=O)C(C)(C)C)C(OC(=O)C(C)(C)C)C1OC(=O)C(C)(C)C. The highest BCUT2D eigenvalue weighted by Crippen LogP contribution is 2.39. The average molecular weight is 935 g/mol. The van der Waals surface area contributed by atoms with Crippen LogP contribution in [0.4, 0.5) is 5.69 Å². The maximum atomic E-state index is 14.8. The fraction of sp³-hybridized carbons (Fsp3) is 0.729. The maximum Gasteiger partial charge on any atom is 0.311 e. The standard InChI is InChI=1S/C48H78N2O14Si/c1-44(2,3)40(54)59-28-33-35(62-41(55)45(4,5)6)36(63-42(56)46(7,8)9)37(64-43(57)47(10,11)12)39(61-33)50(29-51)32(25-21-22-26-34(52)58-16)38(53)49-31-24-20-19-23-30(31)27-60-65(17,18)48(13,14)15/h19-20,23-24,29,32-33,35-37,39H,21-22,25-28H2,1-18H3,(H,49,53)/t32?,33?,35-,36?,37?,39+/m0/s1. The molecular formula is C48H78N2O14Si. The second kappa shape index (κ2) is 22.4. The number of anilines is 1. The highest BCUT2D eigenvalue weighted by molar-refractivity contribution is 6.74. The van der Waals surface area contributed by atoms with Crippen LogP contribution < -0.4 is 5.32 Å². The Bertz CT molecular complexity index is 1830. The van der Waals surface area contributed by atoms with Crippen molar-refractivity contribution in [1.29, 1.82) is 0 Å². The molecule has 1 aliphatic heterocycles. The van der Waals surface area contributed by atoms with Gasteiger partial charge < -0.3 is 43.1 Å². The molecule has 6 atom stereocenters. The topological polar surface area (TPSA) is 199 Å². The molecule has 65 heavy (non-hydrogen) atoms. The molecule has 2 rings (SSSR count). The van der Waals surface area contributed by atoms with Gasteiger partial charge in [0.15, 0.2) is 32.9 Å². The average Bonchev–Trinajstić information content (AvgIpc) is 3.17. The van der Waals surface area contributed by atoms with Crippen molar-refractivity contribution >= 4 is 56.2 Å². The summed E-state index contributed by atoms with van der Waals surface area (Å²) in [6.45, 7) is 29.6. The molecule has 1 fully saturated rings. The highest BCUT2D eigenvalue weighted by Gasteiger charge is 2.57. The van der Waals surface area contributed by atoms with Gasteiger partial charge in [0.1, 0.15) is 18.8 Å². The minimum absolute atomic E-state index is 0.0260. The molecule has 0 aliphatic carbocycles. The van der Waals surface area contributed by atoms with Gasteiger partial charge in [0.25, 0.3) is 0 Å². The van der Waals surface area contributed by atoms with Crippen LogP contribution in [0.5, 0.6) is 0 Å². The van der Waals surface area contributed by atoms with Gasteiger partial charge in [0.2, 0.25) is 12.3 Å². The van der Waals surface area contributed by atoms with E-state index in [1.54, 1.807) is 95.2 Å². The summed E-state index contributed by atoms with van der Waals surface area (Å²) < 4.78 is 42.2. The summed E-state index contributed by atoms with van der Waals surface area (Å²) >= 11 is 0. The van der Waals surface area contributed by atoms with E-state index in [1.165, 1.54) is 7.11 Å². The number of amides is 2. The van der Waals surface area contributed by atoms with Crippen molar-refractivity contribution in [2.75, 3.05) is 19.0 Å². The van der Waals surface area contributed by atoms with Crippen LogP contribution in [0.2, 0.25) is 18.1 Å². The van der Waals surface area contributed by atoms with Crippen LogP contribution >= 0.6 is 0 Å². The van der Waals surface area contributed by atoms with Gasteiger partial charge in [-0.05, 0) is 126 Å². The quantitative estimate of drug-likeness (QED) is 0.0490. The summed E-state index contributed by atoms with van der Waals surface area (Å²) in [4.78, 5) is 96.6. The first kappa shape index (κ1) is 56.8. The zero-order chi connectivity index (χ0) is 50.1. The van der Waals surface area contributed by atoms with Crippen molar-refractivity contribution in [3.8, 4) is 0 Å². The molecule has 0 bridgehead atoms. The van der Waals surface area contributed by atoms with Crippen molar-refractivity contribution in [2.24, 2.45) is 21.7 Å². The van der Waals surface area contributed by atoms with E-state index in [9.17, 15) is 33.6 Å². The molecule has 17 heteroatoms. The number of para-hydroxylation sites is 1. The molecule has 1 aliphatic rings. The van der Waals surface area contributed by atoms with Crippen LogP contribution in [-0.2, 0) is 73.0 Å². The van der Waals surface area contributed by atoms with Crippen molar-refractivity contribution < 1.29 is 66.4 Å². The van der Waals surface area contributed by atoms with E-state index in [4.69, 9.17) is 32.8 Å². The van der Waals surface area contributed by atoms with Crippen LogP contribution in [-0.4, -0.2) is 106 Å². The van der Waals surface area contributed by atoms with Gasteiger partial charge in [-0.1, -0.05) is 45.4 Å². The number of benzene rings is 1. The normalized spacial score (nSPS) is 20.1. The van der Waals surface area contributed by atoms with E-state index in [0.717, 1.165) is 4.90 Å². The highest BCUT2D eigenvalue weighted by atomic mass is 28.4. The van der Waals surface area contributed by atoms with E-state index in [0.29, 0.717) is 17.7 Å². The molecule has 1 aromatic carbocycles. The Labute approximate surface area is 387 Å². The van der Waals surface area contributed by atoms with Crippen molar-refractivity contribution in [3.63, 3.8) is 0 Å². The van der Waals surface area contributed by atoms with E-state index in [-0.39, 0.29) is 37.3 Å². The van der Waals surface area contributed by atoms with Gasteiger partial charge in [0, 0.05) is 12.1 Å². The second-order valence-electron chi connectivity index (χ2n) is 22.4. The molecule has 0 saturated carbocycles. The van der Waals surface area contributed by atoms with Crippen LogP contribution in [0.1, 0.15) is 135 Å². The Morgan fingerprint density at radius 2 is 1.22 bits per heavy atom. The van der Waals surface area contributed by atoms with Crippen LogP contribution in [0.25, 0.3) is 0 Å². The largest absolute Gasteiger partial charge is 0.469 e. The fourth-order valence-electron chi connectivity index (χ4n) is 5.84. The Kier molecular flexibility index (Phi) is 19.6. The number of carbonyl (C=O) groups excluding carboxylic acids is 7. The fourth-order valence-corrected chi connectivity index (χ4v) is 6.79. The molecule has 0 aromatic heterocycles. The van der Waals surface area contributed by atoms with Crippen molar-refractivity contribution in [2.45, 2.75) is 191 Å². The Morgan fingerprint density at radius 3 is 1.69 bits per heavy atom. The van der Waals surface area contributed by atoms with Gasteiger partial charge >= 0.3 is 29.8 Å². The summed E-state index contributed by atoms with van der Waals surface area (Å²) in [5.41, 5.74) is -3.30. The van der Waals surface area contributed by atoms with Crippen LogP contribution in [0.3, 0.4) is 0 Å². The Hall–Kier alpha value is -4.35. The first-order chi connectivity index (χ1) is 29.6. The lowest BCUT2D eigenvalue weighted by molar-refractivity contribution is -0.282. The van der Waals surface area contributed by atoms with Gasteiger partial charge in [-0.3, -0.25) is 33.6 Å². The number of nitrogens with one attached hydrogen (secondary N) is 1.